The molecule has 0 aromatic heterocycles. The number of aryl methyl sites for hydroxylation is 1. The molecular formula is C30H39F3N4O4. The number of likely N-dealkylation sites (tertiary alicyclic amines) is 2. The summed E-state index contributed by atoms with van der Waals surface area (Å²) >= 11 is 0. The number of anilines is 2. The highest BCUT2D eigenvalue weighted by atomic mass is 19.2. The molecule has 4 rings (SSSR count). The summed E-state index contributed by atoms with van der Waals surface area (Å²) in [7, 11) is 0. The minimum Gasteiger partial charge on any atom is -0.444 e. The van der Waals surface area contributed by atoms with E-state index in [-0.39, 0.29) is 37.0 Å². The van der Waals surface area contributed by atoms with Crippen LogP contribution in [0, 0.1) is 23.4 Å². The standard InChI is InChI=1S/C30H39F3N4O4/c1-5-19-6-9-24(23(32)14-19)35-26-21(7-8-22(31)25(26)33)27(38)37-17-30(40,18-37)16-34-15-20-10-12-36(13-11-20)28(39)41-29(2,3)4/h6-9,14,20,34-35,40H,5,10-13,15-18H2,1-4H3. The van der Waals surface area contributed by atoms with Crippen molar-refractivity contribution in [2.45, 2.75) is 58.2 Å². The Bertz CT molecular complexity index is 1270. The Hall–Kier alpha value is -3.31. The van der Waals surface area contributed by atoms with E-state index in [4.69, 9.17) is 4.74 Å². The van der Waals surface area contributed by atoms with Crippen LogP contribution in [0.25, 0.3) is 0 Å². The zero-order valence-electron chi connectivity index (χ0n) is 24.0. The van der Waals surface area contributed by atoms with Crippen molar-refractivity contribution in [3.8, 4) is 0 Å². The van der Waals surface area contributed by atoms with Gasteiger partial charge in [0, 0.05) is 19.6 Å². The number of amides is 2. The Morgan fingerprint density at radius 3 is 2.34 bits per heavy atom. The number of ether oxygens (including phenoxy) is 1. The summed E-state index contributed by atoms with van der Waals surface area (Å²) in [5.74, 6) is -3.37. The van der Waals surface area contributed by atoms with Gasteiger partial charge in [0.05, 0.1) is 30.0 Å². The molecular weight excluding hydrogens is 537 g/mol. The van der Waals surface area contributed by atoms with E-state index in [0.717, 1.165) is 30.5 Å². The van der Waals surface area contributed by atoms with Crippen molar-refractivity contribution in [3.05, 3.63) is 58.9 Å². The molecule has 8 nitrogen and oxygen atoms in total. The third-order valence-corrected chi connectivity index (χ3v) is 7.44. The Morgan fingerprint density at radius 2 is 1.73 bits per heavy atom. The lowest BCUT2D eigenvalue weighted by Gasteiger charge is -2.47. The van der Waals surface area contributed by atoms with Gasteiger partial charge in [0.15, 0.2) is 11.6 Å². The number of carbonyl (C=O) groups is 2. The predicted molar refractivity (Wildman–Crippen MR) is 150 cm³/mol. The van der Waals surface area contributed by atoms with E-state index in [1.54, 1.807) is 11.0 Å². The van der Waals surface area contributed by atoms with Gasteiger partial charge in [-0.05, 0) is 82.3 Å². The molecule has 2 amide bonds. The minimum absolute atomic E-state index is 0.00785. The van der Waals surface area contributed by atoms with Gasteiger partial charge < -0.3 is 30.3 Å². The Labute approximate surface area is 238 Å². The summed E-state index contributed by atoms with van der Waals surface area (Å²) in [6.45, 7) is 9.50. The maximum atomic E-state index is 14.8. The molecule has 0 radical (unpaired) electrons. The van der Waals surface area contributed by atoms with E-state index < -0.39 is 40.2 Å². The van der Waals surface area contributed by atoms with Crippen molar-refractivity contribution in [2.24, 2.45) is 5.92 Å². The molecule has 2 fully saturated rings. The molecule has 11 heteroatoms. The molecule has 3 N–H and O–H groups in total. The summed E-state index contributed by atoms with van der Waals surface area (Å²) in [6.07, 6.45) is 1.91. The fourth-order valence-electron chi connectivity index (χ4n) is 5.11. The third-order valence-electron chi connectivity index (χ3n) is 7.44. The lowest BCUT2D eigenvalue weighted by atomic mass is 9.91. The number of nitrogens with one attached hydrogen (secondary N) is 2. The molecule has 2 aliphatic heterocycles. The van der Waals surface area contributed by atoms with Crippen LogP contribution in [0.3, 0.4) is 0 Å². The molecule has 0 unspecified atom stereocenters. The Balaban J connectivity index is 1.29. The molecule has 2 heterocycles. The van der Waals surface area contributed by atoms with Crippen molar-refractivity contribution >= 4 is 23.4 Å². The number of piperidine rings is 1. The second-order valence-corrected chi connectivity index (χ2v) is 12.0. The minimum atomic E-state index is -1.29. The smallest absolute Gasteiger partial charge is 0.410 e. The molecule has 0 spiro atoms. The molecule has 41 heavy (non-hydrogen) atoms. The highest BCUT2D eigenvalue weighted by molar-refractivity contribution is 6.01. The summed E-state index contributed by atoms with van der Waals surface area (Å²) < 4.78 is 48.9. The normalized spacial score (nSPS) is 17.3. The SMILES string of the molecule is CCc1ccc(Nc2c(C(=O)N3CC(O)(CNCC4CCN(C(=O)OC(C)(C)C)CC4)C3)ccc(F)c2F)c(F)c1. The summed E-state index contributed by atoms with van der Waals surface area (Å²) in [6, 6.07) is 6.39. The molecule has 2 saturated heterocycles. The van der Waals surface area contributed by atoms with Gasteiger partial charge in [-0.25, -0.2) is 18.0 Å². The van der Waals surface area contributed by atoms with Gasteiger partial charge in [0.25, 0.3) is 5.91 Å². The molecule has 2 aromatic carbocycles. The zero-order chi connectivity index (χ0) is 29.9. The molecule has 2 aliphatic rings. The number of halogens is 3. The lowest BCUT2D eigenvalue weighted by Crippen LogP contribution is -2.67. The van der Waals surface area contributed by atoms with Crippen molar-refractivity contribution in [1.82, 2.24) is 15.1 Å². The Kier molecular flexibility index (Phi) is 9.18. The van der Waals surface area contributed by atoms with E-state index in [9.17, 15) is 27.9 Å². The first-order valence-electron chi connectivity index (χ1n) is 14.0. The Morgan fingerprint density at radius 1 is 1.05 bits per heavy atom. The number of nitrogens with zero attached hydrogens (tertiary/aromatic N) is 2. The first-order valence-corrected chi connectivity index (χ1v) is 14.0. The van der Waals surface area contributed by atoms with Gasteiger partial charge in [-0.2, -0.15) is 0 Å². The highest BCUT2D eigenvalue weighted by Gasteiger charge is 2.44. The number of benzene rings is 2. The summed E-state index contributed by atoms with van der Waals surface area (Å²) in [5, 5.41) is 16.7. The van der Waals surface area contributed by atoms with E-state index in [1.807, 2.05) is 27.7 Å². The quantitative estimate of drug-likeness (QED) is 0.417. The summed E-state index contributed by atoms with van der Waals surface area (Å²) in [5.41, 5.74) is -1.66. The third kappa shape index (κ3) is 7.51. The average molecular weight is 577 g/mol. The van der Waals surface area contributed by atoms with Crippen LogP contribution in [-0.2, 0) is 11.2 Å². The first-order chi connectivity index (χ1) is 19.3. The second-order valence-electron chi connectivity index (χ2n) is 12.0. The fourth-order valence-corrected chi connectivity index (χ4v) is 5.11. The lowest BCUT2D eigenvalue weighted by molar-refractivity contribution is -0.0789. The topological polar surface area (TPSA) is 94.1 Å². The molecule has 0 saturated carbocycles. The zero-order valence-corrected chi connectivity index (χ0v) is 24.0. The number of rotatable bonds is 8. The van der Waals surface area contributed by atoms with Gasteiger partial charge in [-0.15, -0.1) is 0 Å². The predicted octanol–water partition coefficient (Wildman–Crippen LogP) is 4.83. The van der Waals surface area contributed by atoms with Crippen LogP contribution < -0.4 is 10.6 Å². The van der Waals surface area contributed by atoms with Gasteiger partial charge in [-0.3, -0.25) is 4.79 Å². The number of carbonyl (C=O) groups excluding carboxylic acids is 2. The van der Waals surface area contributed by atoms with Gasteiger partial charge in [-0.1, -0.05) is 13.0 Å². The molecule has 2 aromatic rings. The van der Waals surface area contributed by atoms with Crippen LogP contribution in [0.4, 0.5) is 29.3 Å². The number of hydrogen-bond donors (Lipinski definition) is 3. The van der Waals surface area contributed by atoms with Crippen LogP contribution >= 0.6 is 0 Å². The van der Waals surface area contributed by atoms with Crippen LogP contribution in [0.1, 0.15) is 56.5 Å². The van der Waals surface area contributed by atoms with E-state index >= 15 is 0 Å². The van der Waals surface area contributed by atoms with Gasteiger partial charge in [0.2, 0.25) is 0 Å². The maximum absolute atomic E-state index is 14.8. The van der Waals surface area contributed by atoms with E-state index in [1.165, 1.54) is 17.0 Å². The van der Waals surface area contributed by atoms with Crippen LogP contribution in [0.2, 0.25) is 0 Å². The second kappa shape index (κ2) is 12.3. The van der Waals surface area contributed by atoms with Crippen molar-refractivity contribution in [2.75, 3.05) is 44.6 Å². The largest absolute Gasteiger partial charge is 0.444 e. The van der Waals surface area contributed by atoms with Crippen molar-refractivity contribution in [3.63, 3.8) is 0 Å². The van der Waals surface area contributed by atoms with E-state index in [0.29, 0.717) is 32.0 Å². The maximum Gasteiger partial charge on any atom is 0.410 e. The number of aliphatic hydroxyl groups is 1. The average Bonchev–Trinajstić information content (AvgIpc) is 2.89. The summed E-state index contributed by atoms with van der Waals surface area (Å²) in [4.78, 5) is 28.5. The van der Waals surface area contributed by atoms with Gasteiger partial charge in [0.1, 0.15) is 17.0 Å². The molecule has 0 bridgehead atoms. The monoisotopic (exact) mass is 576 g/mol. The van der Waals surface area contributed by atoms with Crippen LogP contribution in [0.15, 0.2) is 30.3 Å². The van der Waals surface area contributed by atoms with Gasteiger partial charge >= 0.3 is 6.09 Å². The number of hydrogen-bond acceptors (Lipinski definition) is 6. The van der Waals surface area contributed by atoms with Crippen LogP contribution in [0.5, 0.6) is 0 Å². The van der Waals surface area contributed by atoms with Crippen LogP contribution in [-0.4, -0.2) is 77.4 Å². The fraction of sp³-hybridized carbons (Fsp3) is 0.533. The molecule has 0 atom stereocenters. The number of β-amino-alcohol motifs (C(OH)–C–C–N with tert-alkyl or cyclic N) is 1. The van der Waals surface area contributed by atoms with Crippen molar-refractivity contribution in [1.29, 1.82) is 0 Å². The highest BCUT2D eigenvalue weighted by Crippen LogP contribution is 2.32. The van der Waals surface area contributed by atoms with E-state index in [2.05, 4.69) is 10.6 Å². The molecule has 224 valence electrons. The molecule has 0 aliphatic carbocycles. The van der Waals surface area contributed by atoms with Crippen molar-refractivity contribution < 1.29 is 32.6 Å². The first kappa shape index (κ1) is 30.6.